The minimum atomic E-state index is -0.586. The smallest absolute Gasteiger partial charge is 0.236 e. The number of hydrogen-bond donors (Lipinski definition) is 1. The summed E-state index contributed by atoms with van der Waals surface area (Å²) in [4.78, 5) is 13.0. The van der Waals surface area contributed by atoms with Crippen molar-refractivity contribution in [3.05, 3.63) is 40.7 Å². The summed E-state index contributed by atoms with van der Waals surface area (Å²) in [6.45, 7) is 4.25. The first-order valence-corrected chi connectivity index (χ1v) is 9.21. The number of carbonyl (C=O) groups excluding carboxylic acids is 1. The highest BCUT2D eigenvalue weighted by atomic mass is 32.1. The van der Waals surface area contributed by atoms with Gasteiger partial charge in [-0.05, 0) is 36.5 Å². The SMILES string of the molecule is CC(C)Cc1nnc(NC(=O)C2(c3ccc(F)cc3)CCCC2)s1. The van der Waals surface area contributed by atoms with E-state index in [-0.39, 0.29) is 11.7 Å². The molecule has 0 atom stereocenters. The van der Waals surface area contributed by atoms with E-state index in [4.69, 9.17) is 0 Å². The van der Waals surface area contributed by atoms with Crippen molar-refractivity contribution in [3.63, 3.8) is 0 Å². The van der Waals surface area contributed by atoms with Gasteiger partial charge in [-0.15, -0.1) is 10.2 Å². The Morgan fingerprint density at radius 3 is 2.54 bits per heavy atom. The monoisotopic (exact) mass is 347 g/mol. The van der Waals surface area contributed by atoms with Gasteiger partial charge in [0.15, 0.2) is 0 Å². The number of carbonyl (C=O) groups is 1. The lowest BCUT2D eigenvalue weighted by molar-refractivity contribution is -0.121. The normalized spacial score (nSPS) is 16.5. The first-order chi connectivity index (χ1) is 11.5. The molecule has 0 aliphatic heterocycles. The third kappa shape index (κ3) is 3.48. The largest absolute Gasteiger partial charge is 0.300 e. The van der Waals surface area contributed by atoms with Crippen LogP contribution in [0.2, 0.25) is 0 Å². The zero-order valence-corrected chi connectivity index (χ0v) is 14.8. The van der Waals surface area contributed by atoms with Crippen molar-refractivity contribution in [1.82, 2.24) is 10.2 Å². The van der Waals surface area contributed by atoms with Crippen molar-refractivity contribution < 1.29 is 9.18 Å². The van der Waals surface area contributed by atoms with Gasteiger partial charge in [0.05, 0.1) is 5.41 Å². The summed E-state index contributed by atoms with van der Waals surface area (Å²) in [5, 5.41) is 12.7. The summed E-state index contributed by atoms with van der Waals surface area (Å²) in [5.74, 6) is 0.163. The Kier molecular flexibility index (Phi) is 4.94. The Hall–Kier alpha value is -1.82. The molecule has 3 rings (SSSR count). The number of amides is 1. The van der Waals surface area contributed by atoms with Gasteiger partial charge >= 0.3 is 0 Å². The van der Waals surface area contributed by atoms with Crippen LogP contribution in [0.1, 0.15) is 50.1 Å². The molecule has 1 heterocycles. The Morgan fingerprint density at radius 1 is 1.25 bits per heavy atom. The number of nitrogens with one attached hydrogen (secondary N) is 1. The second kappa shape index (κ2) is 6.97. The van der Waals surface area contributed by atoms with E-state index >= 15 is 0 Å². The molecule has 0 bridgehead atoms. The molecule has 128 valence electrons. The van der Waals surface area contributed by atoms with Crippen LogP contribution in [0, 0.1) is 11.7 Å². The van der Waals surface area contributed by atoms with Gasteiger partial charge in [-0.3, -0.25) is 10.1 Å². The quantitative estimate of drug-likeness (QED) is 0.876. The van der Waals surface area contributed by atoms with E-state index in [9.17, 15) is 9.18 Å². The molecule has 0 saturated heterocycles. The molecule has 1 aromatic heterocycles. The Labute approximate surface area is 145 Å². The maximum Gasteiger partial charge on any atom is 0.236 e. The van der Waals surface area contributed by atoms with Crippen LogP contribution in [-0.2, 0) is 16.6 Å². The standard InChI is InChI=1S/C18H22FN3OS/c1-12(2)11-15-21-22-17(24-15)20-16(23)18(9-3-4-10-18)13-5-7-14(19)8-6-13/h5-8,12H,3-4,9-11H2,1-2H3,(H,20,22,23). The zero-order chi connectivity index (χ0) is 17.2. The van der Waals surface area contributed by atoms with Gasteiger partial charge < -0.3 is 0 Å². The van der Waals surface area contributed by atoms with Crippen LogP contribution in [0.3, 0.4) is 0 Å². The number of nitrogens with zero attached hydrogens (tertiary/aromatic N) is 2. The van der Waals surface area contributed by atoms with E-state index in [1.807, 2.05) is 0 Å². The van der Waals surface area contributed by atoms with Gasteiger partial charge in [-0.1, -0.05) is 50.2 Å². The van der Waals surface area contributed by atoms with Crippen molar-refractivity contribution in [1.29, 1.82) is 0 Å². The third-order valence-electron chi connectivity index (χ3n) is 4.56. The summed E-state index contributed by atoms with van der Waals surface area (Å²) in [6, 6.07) is 6.30. The summed E-state index contributed by atoms with van der Waals surface area (Å²) in [7, 11) is 0. The van der Waals surface area contributed by atoms with E-state index in [0.29, 0.717) is 11.0 Å². The number of aromatic nitrogens is 2. The molecule has 1 aliphatic carbocycles. The lowest BCUT2D eigenvalue weighted by Gasteiger charge is -2.27. The highest BCUT2D eigenvalue weighted by Crippen LogP contribution is 2.42. The predicted molar refractivity (Wildman–Crippen MR) is 93.6 cm³/mol. The highest BCUT2D eigenvalue weighted by Gasteiger charge is 2.43. The maximum atomic E-state index is 13.2. The molecule has 4 nitrogen and oxygen atoms in total. The van der Waals surface area contributed by atoms with Gasteiger partial charge in [-0.25, -0.2) is 4.39 Å². The molecule has 1 saturated carbocycles. The Morgan fingerprint density at radius 2 is 1.92 bits per heavy atom. The molecule has 0 spiro atoms. The Bertz CT molecular complexity index is 705. The Balaban J connectivity index is 1.80. The molecule has 1 aliphatic rings. The van der Waals surface area contributed by atoms with Crippen molar-refractivity contribution in [2.45, 2.75) is 51.4 Å². The number of anilines is 1. The molecule has 1 aromatic carbocycles. The maximum absolute atomic E-state index is 13.2. The summed E-state index contributed by atoms with van der Waals surface area (Å²) in [5.41, 5.74) is 0.295. The van der Waals surface area contributed by atoms with Crippen LogP contribution in [0.4, 0.5) is 9.52 Å². The molecule has 1 amide bonds. The fraction of sp³-hybridized carbons (Fsp3) is 0.500. The summed E-state index contributed by atoms with van der Waals surface area (Å²) in [6.07, 6.45) is 4.42. The molecule has 0 radical (unpaired) electrons. The van der Waals surface area contributed by atoms with Gasteiger partial charge in [0.2, 0.25) is 11.0 Å². The second-order valence-electron chi connectivity index (χ2n) is 6.85. The lowest BCUT2D eigenvalue weighted by Crippen LogP contribution is -2.38. The van der Waals surface area contributed by atoms with Crippen LogP contribution in [0.15, 0.2) is 24.3 Å². The first-order valence-electron chi connectivity index (χ1n) is 8.39. The van der Waals surface area contributed by atoms with Crippen molar-refractivity contribution in [2.24, 2.45) is 5.92 Å². The van der Waals surface area contributed by atoms with Gasteiger partial charge in [0.25, 0.3) is 0 Å². The van der Waals surface area contributed by atoms with Gasteiger partial charge in [-0.2, -0.15) is 0 Å². The average Bonchev–Trinajstić information content (AvgIpc) is 3.18. The van der Waals surface area contributed by atoms with Crippen LogP contribution < -0.4 is 5.32 Å². The molecule has 24 heavy (non-hydrogen) atoms. The molecule has 0 unspecified atom stereocenters. The van der Waals surface area contributed by atoms with E-state index in [1.165, 1.54) is 23.5 Å². The first kappa shape index (κ1) is 17.0. The minimum absolute atomic E-state index is 0.0566. The molecular weight excluding hydrogens is 325 g/mol. The highest BCUT2D eigenvalue weighted by molar-refractivity contribution is 7.15. The van der Waals surface area contributed by atoms with Gasteiger partial charge in [0, 0.05) is 6.42 Å². The van der Waals surface area contributed by atoms with Crippen molar-refractivity contribution in [3.8, 4) is 0 Å². The van der Waals surface area contributed by atoms with Crippen LogP contribution in [0.25, 0.3) is 0 Å². The van der Waals surface area contributed by atoms with Crippen molar-refractivity contribution in [2.75, 3.05) is 5.32 Å². The number of halogens is 1. The average molecular weight is 347 g/mol. The third-order valence-corrected chi connectivity index (χ3v) is 5.42. The fourth-order valence-corrected chi connectivity index (χ4v) is 4.29. The van der Waals surface area contributed by atoms with E-state index in [1.54, 1.807) is 12.1 Å². The van der Waals surface area contributed by atoms with Crippen LogP contribution in [-0.4, -0.2) is 16.1 Å². The van der Waals surface area contributed by atoms with Crippen LogP contribution >= 0.6 is 11.3 Å². The van der Waals surface area contributed by atoms with Gasteiger partial charge in [0.1, 0.15) is 10.8 Å². The second-order valence-corrected chi connectivity index (χ2v) is 7.91. The van der Waals surface area contributed by atoms with E-state index in [2.05, 4.69) is 29.4 Å². The number of benzene rings is 1. The molecule has 1 N–H and O–H groups in total. The summed E-state index contributed by atoms with van der Waals surface area (Å²) >= 11 is 1.43. The van der Waals surface area contributed by atoms with Crippen LogP contribution in [0.5, 0.6) is 0 Å². The minimum Gasteiger partial charge on any atom is -0.300 e. The topological polar surface area (TPSA) is 54.9 Å². The predicted octanol–water partition coefficient (Wildman–Crippen LogP) is 4.33. The number of rotatable bonds is 5. The lowest BCUT2D eigenvalue weighted by atomic mass is 9.78. The molecule has 6 heteroatoms. The zero-order valence-electron chi connectivity index (χ0n) is 14.0. The number of hydrogen-bond acceptors (Lipinski definition) is 4. The van der Waals surface area contributed by atoms with Crippen molar-refractivity contribution >= 4 is 22.4 Å². The molecular formula is C18H22FN3OS. The fourth-order valence-electron chi connectivity index (χ4n) is 3.35. The van der Waals surface area contributed by atoms with E-state index < -0.39 is 5.41 Å². The van der Waals surface area contributed by atoms with E-state index in [0.717, 1.165) is 42.7 Å². The molecule has 2 aromatic rings. The summed E-state index contributed by atoms with van der Waals surface area (Å²) < 4.78 is 13.2. The molecule has 1 fully saturated rings.